The molecule has 0 saturated carbocycles. The molecule has 0 unspecified atom stereocenters. The first kappa shape index (κ1) is 14.6. The van der Waals surface area contributed by atoms with Gasteiger partial charge in [-0.1, -0.05) is 0 Å². The lowest BCUT2D eigenvalue weighted by molar-refractivity contribution is 0.0996. The molecule has 0 radical (unpaired) electrons. The van der Waals surface area contributed by atoms with Crippen LogP contribution >= 0.6 is 0 Å². The second-order valence-corrected chi connectivity index (χ2v) is 4.08. The fourth-order valence-corrected chi connectivity index (χ4v) is 1.62. The minimum absolute atomic E-state index is 0.178. The number of hydrogen-bond donors (Lipinski definition) is 2. The molecule has 0 atom stereocenters. The zero-order valence-electron chi connectivity index (χ0n) is 11.3. The van der Waals surface area contributed by atoms with Crippen LogP contribution in [0, 0.1) is 5.82 Å². The molecule has 1 heterocycles. The Morgan fingerprint density at radius 1 is 1.33 bits per heavy atom. The number of hydrogen-bond acceptors (Lipinski definition) is 5. The maximum absolute atomic E-state index is 13.6. The maximum atomic E-state index is 13.6. The molecule has 0 bridgehead atoms. The molecule has 0 aliphatic carbocycles. The van der Waals surface area contributed by atoms with Crippen LogP contribution in [0.25, 0.3) is 0 Å². The zero-order chi connectivity index (χ0) is 15.4. The molecule has 1 amide bonds. The van der Waals surface area contributed by atoms with E-state index >= 15 is 0 Å². The number of anilines is 1. The Morgan fingerprint density at radius 3 is 2.71 bits per heavy atom. The average molecular weight is 291 g/mol. The SMILES string of the molecule is CCOc1nc(Oc2ccc(C(N)=O)c(F)c2)ccc1N. The van der Waals surface area contributed by atoms with Crippen molar-refractivity contribution < 1.29 is 18.7 Å². The summed E-state index contributed by atoms with van der Waals surface area (Å²) in [6.45, 7) is 2.20. The number of nitrogens with zero attached hydrogens (tertiary/aromatic N) is 1. The summed E-state index contributed by atoms with van der Waals surface area (Å²) in [5, 5.41) is 0. The highest BCUT2D eigenvalue weighted by atomic mass is 19.1. The third kappa shape index (κ3) is 3.38. The summed E-state index contributed by atoms with van der Waals surface area (Å²) in [6.07, 6.45) is 0. The van der Waals surface area contributed by atoms with Gasteiger partial charge in [0.15, 0.2) is 0 Å². The van der Waals surface area contributed by atoms with Crippen molar-refractivity contribution in [3.8, 4) is 17.5 Å². The van der Waals surface area contributed by atoms with E-state index in [0.717, 1.165) is 6.07 Å². The molecule has 0 aliphatic heterocycles. The molecular formula is C14H14FN3O3. The van der Waals surface area contributed by atoms with Gasteiger partial charge in [-0.2, -0.15) is 4.98 Å². The molecule has 0 saturated heterocycles. The standard InChI is InChI=1S/C14H14FN3O3/c1-2-20-14-11(16)5-6-12(18-14)21-8-3-4-9(13(17)19)10(15)7-8/h3-7H,2,16H2,1H3,(H2,17,19). The maximum Gasteiger partial charge on any atom is 0.251 e. The molecule has 21 heavy (non-hydrogen) atoms. The topological polar surface area (TPSA) is 100 Å². The lowest BCUT2D eigenvalue weighted by atomic mass is 10.2. The van der Waals surface area contributed by atoms with Gasteiger partial charge < -0.3 is 20.9 Å². The fourth-order valence-electron chi connectivity index (χ4n) is 1.62. The number of benzene rings is 1. The largest absolute Gasteiger partial charge is 0.476 e. The molecule has 4 N–H and O–H groups in total. The van der Waals surface area contributed by atoms with Gasteiger partial charge in [0.05, 0.1) is 17.9 Å². The number of pyridine rings is 1. The monoisotopic (exact) mass is 291 g/mol. The Kier molecular flexibility index (Phi) is 4.22. The quantitative estimate of drug-likeness (QED) is 0.878. The van der Waals surface area contributed by atoms with Gasteiger partial charge in [0, 0.05) is 12.1 Å². The fraction of sp³-hybridized carbons (Fsp3) is 0.143. The van der Waals surface area contributed by atoms with Gasteiger partial charge in [-0.25, -0.2) is 4.39 Å². The normalized spacial score (nSPS) is 10.2. The van der Waals surface area contributed by atoms with Gasteiger partial charge in [0.25, 0.3) is 5.91 Å². The van der Waals surface area contributed by atoms with Crippen LogP contribution in [0.15, 0.2) is 30.3 Å². The third-order valence-electron chi connectivity index (χ3n) is 2.57. The predicted octanol–water partition coefficient (Wildman–Crippen LogP) is 2.09. The Labute approximate surface area is 120 Å². The van der Waals surface area contributed by atoms with E-state index in [0.29, 0.717) is 12.3 Å². The van der Waals surface area contributed by atoms with Gasteiger partial charge in [0.2, 0.25) is 11.8 Å². The van der Waals surface area contributed by atoms with E-state index in [1.807, 2.05) is 0 Å². The lowest BCUT2D eigenvalue weighted by Gasteiger charge is -2.09. The highest BCUT2D eigenvalue weighted by Crippen LogP contribution is 2.26. The van der Waals surface area contributed by atoms with Crippen LogP contribution < -0.4 is 20.9 Å². The first-order chi connectivity index (χ1) is 10.0. The number of carbonyl (C=O) groups excluding carboxylic acids is 1. The molecule has 2 aromatic rings. The Balaban J connectivity index is 2.24. The van der Waals surface area contributed by atoms with E-state index in [-0.39, 0.29) is 23.1 Å². The second kappa shape index (κ2) is 6.08. The van der Waals surface area contributed by atoms with Crippen LogP contribution in [0.3, 0.4) is 0 Å². The van der Waals surface area contributed by atoms with Crippen LogP contribution in [-0.4, -0.2) is 17.5 Å². The number of amides is 1. The first-order valence-corrected chi connectivity index (χ1v) is 6.17. The Morgan fingerprint density at radius 2 is 2.10 bits per heavy atom. The van der Waals surface area contributed by atoms with E-state index in [2.05, 4.69) is 4.98 Å². The van der Waals surface area contributed by atoms with Crippen molar-refractivity contribution in [3.05, 3.63) is 41.7 Å². The van der Waals surface area contributed by atoms with Crippen molar-refractivity contribution in [2.45, 2.75) is 6.92 Å². The number of ether oxygens (including phenoxy) is 2. The van der Waals surface area contributed by atoms with Crippen LogP contribution in [0.1, 0.15) is 17.3 Å². The number of carbonyl (C=O) groups is 1. The summed E-state index contributed by atoms with van der Waals surface area (Å²) < 4.78 is 24.3. The minimum atomic E-state index is -0.844. The highest BCUT2D eigenvalue weighted by Gasteiger charge is 2.11. The number of halogens is 1. The molecule has 6 nitrogen and oxygen atoms in total. The van der Waals surface area contributed by atoms with Crippen molar-refractivity contribution in [2.75, 3.05) is 12.3 Å². The average Bonchev–Trinajstić information content (AvgIpc) is 2.42. The number of nitrogens with two attached hydrogens (primary N) is 2. The molecule has 7 heteroatoms. The molecular weight excluding hydrogens is 277 g/mol. The zero-order valence-corrected chi connectivity index (χ0v) is 11.3. The molecule has 0 aliphatic rings. The van der Waals surface area contributed by atoms with Gasteiger partial charge in [-0.3, -0.25) is 4.79 Å². The lowest BCUT2D eigenvalue weighted by Crippen LogP contribution is -2.12. The summed E-state index contributed by atoms with van der Waals surface area (Å²) in [5.74, 6) is -0.996. The first-order valence-electron chi connectivity index (χ1n) is 6.17. The van der Waals surface area contributed by atoms with Crippen LogP contribution in [0.5, 0.6) is 17.5 Å². The van der Waals surface area contributed by atoms with E-state index in [9.17, 15) is 9.18 Å². The van der Waals surface area contributed by atoms with Crippen LogP contribution in [0.2, 0.25) is 0 Å². The van der Waals surface area contributed by atoms with Gasteiger partial charge in [-0.15, -0.1) is 0 Å². The summed E-state index contributed by atoms with van der Waals surface area (Å²) in [7, 11) is 0. The Hall–Kier alpha value is -2.83. The van der Waals surface area contributed by atoms with Gasteiger partial charge in [-0.05, 0) is 25.1 Å². The van der Waals surface area contributed by atoms with Gasteiger partial charge >= 0.3 is 0 Å². The van der Waals surface area contributed by atoms with Crippen molar-refractivity contribution in [1.29, 1.82) is 0 Å². The number of aromatic nitrogens is 1. The summed E-state index contributed by atoms with van der Waals surface area (Å²) in [5.41, 5.74) is 10.9. The molecule has 1 aromatic carbocycles. The number of rotatable bonds is 5. The van der Waals surface area contributed by atoms with Crippen molar-refractivity contribution in [3.63, 3.8) is 0 Å². The van der Waals surface area contributed by atoms with Crippen molar-refractivity contribution in [2.24, 2.45) is 5.73 Å². The number of primary amides is 1. The predicted molar refractivity (Wildman–Crippen MR) is 74.8 cm³/mol. The summed E-state index contributed by atoms with van der Waals surface area (Å²) >= 11 is 0. The van der Waals surface area contributed by atoms with E-state index in [4.69, 9.17) is 20.9 Å². The van der Waals surface area contributed by atoms with Crippen molar-refractivity contribution >= 4 is 11.6 Å². The molecule has 0 fully saturated rings. The number of nitrogen functional groups attached to an aromatic ring is 1. The molecule has 0 spiro atoms. The van der Waals surface area contributed by atoms with E-state index in [1.54, 1.807) is 13.0 Å². The molecule has 110 valence electrons. The summed E-state index contributed by atoms with van der Waals surface area (Å²) in [4.78, 5) is 15.0. The highest BCUT2D eigenvalue weighted by molar-refractivity contribution is 5.93. The third-order valence-corrected chi connectivity index (χ3v) is 2.57. The van der Waals surface area contributed by atoms with Crippen molar-refractivity contribution in [1.82, 2.24) is 4.98 Å². The van der Waals surface area contributed by atoms with Gasteiger partial charge in [0.1, 0.15) is 11.6 Å². The summed E-state index contributed by atoms with van der Waals surface area (Å²) in [6, 6.07) is 6.81. The second-order valence-electron chi connectivity index (χ2n) is 4.08. The van der Waals surface area contributed by atoms with E-state index < -0.39 is 11.7 Å². The molecule has 2 rings (SSSR count). The smallest absolute Gasteiger partial charge is 0.251 e. The molecule has 1 aromatic heterocycles. The van der Waals surface area contributed by atoms with Crippen LogP contribution in [0.4, 0.5) is 10.1 Å². The minimum Gasteiger partial charge on any atom is -0.476 e. The van der Waals surface area contributed by atoms with E-state index in [1.165, 1.54) is 18.2 Å². The van der Waals surface area contributed by atoms with Crippen LogP contribution in [-0.2, 0) is 0 Å². The Bertz CT molecular complexity index is 677.